The van der Waals surface area contributed by atoms with E-state index in [4.69, 9.17) is 5.73 Å². The van der Waals surface area contributed by atoms with Crippen LogP contribution in [-0.2, 0) is 12.6 Å². The lowest BCUT2D eigenvalue weighted by Crippen LogP contribution is -2.20. The molecule has 3 rings (SSSR count). The highest BCUT2D eigenvalue weighted by Gasteiger charge is 2.30. The molecule has 0 fully saturated rings. The summed E-state index contributed by atoms with van der Waals surface area (Å²) in [5.74, 6) is 0.300. The molecule has 8 heteroatoms. The number of aryl methyl sites for hydroxylation is 1. The Bertz CT molecular complexity index is 878. The number of nitrogens with two attached hydrogens (primary N) is 1. The Morgan fingerprint density at radius 3 is 2.68 bits per heavy atom. The first-order valence-electron chi connectivity index (χ1n) is 8.89. The predicted molar refractivity (Wildman–Crippen MR) is 107 cm³/mol. The summed E-state index contributed by atoms with van der Waals surface area (Å²) in [6, 6.07) is 6.82. The van der Waals surface area contributed by atoms with Crippen LogP contribution < -0.4 is 5.73 Å². The number of nitrogens with zero attached hydrogens (tertiary/aromatic N) is 3. The van der Waals surface area contributed by atoms with Crippen molar-refractivity contribution in [1.29, 1.82) is 0 Å². The largest absolute Gasteiger partial charge is 0.416 e. The Hall–Kier alpha value is -2.32. The lowest BCUT2D eigenvalue weighted by molar-refractivity contribution is -0.137. The van der Waals surface area contributed by atoms with E-state index in [1.54, 1.807) is 12.1 Å². The second-order valence-corrected chi connectivity index (χ2v) is 7.05. The molecule has 2 aromatic rings. The van der Waals surface area contributed by atoms with E-state index in [0.29, 0.717) is 23.5 Å². The van der Waals surface area contributed by atoms with Gasteiger partial charge in [-0.2, -0.15) is 25.8 Å². The molecule has 1 aromatic heterocycles. The van der Waals surface area contributed by atoms with Crippen molar-refractivity contribution >= 4 is 12.6 Å². The maximum absolute atomic E-state index is 13.0. The molecule has 148 valence electrons. The quantitative estimate of drug-likeness (QED) is 0.553. The molecule has 0 spiro atoms. The molecule has 0 radical (unpaired) electrons. The summed E-state index contributed by atoms with van der Waals surface area (Å²) in [7, 11) is 0. The number of alkyl halides is 3. The van der Waals surface area contributed by atoms with Crippen molar-refractivity contribution in [1.82, 2.24) is 14.9 Å². The average Bonchev–Trinajstić information content (AvgIpc) is 2.68. The first-order valence-corrected chi connectivity index (χ1v) is 9.41. The van der Waals surface area contributed by atoms with Gasteiger partial charge in [0.15, 0.2) is 5.82 Å². The van der Waals surface area contributed by atoms with Gasteiger partial charge < -0.3 is 10.6 Å². The molecule has 0 amide bonds. The normalized spacial score (nSPS) is 15.1. The minimum atomic E-state index is -4.41. The standard InChI is InChI=1S/C20H21F3N4S/c21-20(22,23)15-7-4-6-14(12-15)17-13-16(25-19(26-17)18(24)28)8-5-11-27-9-2-1-3-10-27/h1-4,6-7,9,12-13,18,28H,5,8,10-11,24H2/t18-/m1/s1. The molecule has 2 N–H and O–H groups in total. The number of rotatable bonds is 6. The van der Waals surface area contributed by atoms with E-state index in [9.17, 15) is 13.2 Å². The van der Waals surface area contributed by atoms with Crippen LogP contribution in [0.3, 0.4) is 0 Å². The smallest absolute Gasteiger partial charge is 0.374 e. The van der Waals surface area contributed by atoms with Gasteiger partial charge in [-0.05, 0) is 43.3 Å². The third-order valence-electron chi connectivity index (χ3n) is 4.31. The predicted octanol–water partition coefficient (Wildman–Crippen LogP) is 4.37. The zero-order valence-electron chi connectivity index (χ0n) is 15.1. The van der Waals surface area contributed by atoms with Crippen molar-refractivity contribution in [2.75, 3.05) is 13.1 Å². The molecule has 1 aliphatic heterocycles. The SMILES string of the molecule is N[C@H](S)c1nc(CCCN2C=CC=CC2)cc(-c2cccc(C(F)(F)F)c2)n1. The van der Waals surface area contributed by atoms with Gasteiger partial charge in [0.25, 0.3) is 0 Å². The molecule has 0 unspecified atom stereocenters. The van der Waals surface area contributed by atoms with Gasteiger partial charge in [0, 0.05) is 24.3 Å². The molecular weight excluding hydrogens is 385 g/mol. The van der Waals surface area contributed by atoms with Crippen LogP contribution in [0.2, 0.25) is 0 Å². The lowest BCUT2D eigenvalue weighted by Gasteiger charge is -2.20. The summed E-state index contributed by atoms with van der Waals surface area (Å²) < 4.78 is 39.1. The zero-order chi connectivity index (χ0) is 20.1. The maximum Gasteiger partial charge on any atom is 0.416 e. The molecule has 1 aromatic carbocycles. The molecule has 2 heterocycles. The number of aromatic nitrogens is 2. The second-order valence-electron chi connectivity index (χ2n) is 6.49. The van der Waals surface area contributed by atoms with Gasteiger partial charge in [-0.1, -0.05) is 24.3 Å². The molecule has 28 heavy (non-hydrogen) atoms. The minimum Gasteiger partial charge on any atom is -0.374 e. The zero-order valence-corrected chi connectivity index (χ0v) is 16.0. The highest BCUT2D eigenvalue weighted by Crippen LogP contribution is 2.32. The molecule has 0 saturated heterocycles. The Balaban J connectivity index is 1.81. The Morgan fingerprint density at radius 2 is 2.00 bits per heavy atom. The Kier molecular flexibility index (Phi) is 6.41. The fraction of sp³-hybridized carbons (Fsp3) is 0.300. The summed E-state index contributed by atoms with van der Waals surface area (Å²) in [5, 5.41) is -0.709. The maximum atomic E-state index is 13.0. The number of thiol groups is 1. The number of hydrogen-bond acceptors (Lipinski definition) is 5. The average molecular weight is 406 g/mol. The van der Waals surface area contributed by atoms with Crippen LogP contribution in [0.4, 0.5) is 13.2 Å². The summed E-state index contributed by atoms with van der Waals surface area (Å²) in [4.78, 5) is 10.9. The lowest BCUT2D eigenvalue weighted by atomic mass is 10.1. The van der Waals surface area contributed by atoms with Gasteiger partial charge in [0.1, 0.15) is 5.37 Å². The molecular formula is C20H21F3N4S. The third kappa shape index (κ3) is 5.36. The van der Waals surface area contributed by atoms with Crippen LogP contribution in [0.15, 0.2) is 54.8 Å². The van der Waals surface area contributed by atoms with E-state index in [1.807, 2.05) is 18.4 Å². The number of halogens is 3. The van der Waals surface area contributed by atoms with E-state index in [1.165, 1.54) is 6.07 Å². The van der Waals surface area contributed by atoms with E-state index < -0.39 is 17.1 Å². The number of hydrogen-bond donors (Lipinski definition) is 2. The van der Waals surface area contributed by atoms with Crippen molar-refractivity contribution in [3.05, 3.63) is 71.8 Å². The first-order chi connectivity index (χ1) is 13.3. The fourth-order valence-corrected chi connectivity index (χ4v) is 3.03. The monoisotopic (exact) mass is 406 g/mol. The van der Waals surface area contributed by atoms with Crippen molar-refractivity contribution < 1.29 is 13.2 Å². The molecule has 1 atom stereocenters. The van der Waals surface area contributed by atoms with E-state index >= 15 is 0 Å². The van der Waals surface area contributed by atoms with Crippen LogP contribution in [0.1, 0.15) is 28.9 Å². The summed E-state index contributed by atoms with van der Waals surface area (Å²) in [6.07, 6.45) is 5.19. The van der Waals surface area contributed by atoms with Gasteiger partial charge in [-0.25, -0.2) is 9.97 Å². The van der Waals surface area contributed by atoms with E-state index in [0.717, 1.165) is 37.3 Å². The minimum absolute atomic E-state index is 0.300. The van der Waals surface area contributed by atoms with Crippen LogP contribution in [0.25, 0.3) is 11.3 Å². The topological polar surface area (TPSA) is 55.0 Å². The van der Waals surface area contributed by atoms with Gasteiger partial charge in [0.05, 0.1) is 11.3 Å². The summed E-state index contributed by atoms with van der Waals surface area (Å²) >= 11 is 4.18. The van der Waals surface area contributed by atoms with Gasteiger partial charge in [-0.15, -0.1) is 0 Å². The molecule has 0 saturated carbocycles. The van der Waals surface area contributed by atoms with Crippen LogP contribution in [0, 0.1) is 0 Å². The third-order valence-corrected chi connectivity index (χ3v) is 4.54. The van der Waals surface area contributed by atoms with Gasteiger partial charge in [0.2, 0.25) is 0 Å². The van der Waals surface area contributed by atoms with E-state index in [2.05, 4.69) is 33.6 Å². The summed E-state index contributed by atoms with van der Waals surface area (Å²) in [6.45, 7) is 1.72. The van der Waals surface area contributed by atoms with E-state index in [-0.39, 0.29) is 0 Å². The first kappa shape index (κ1) is 20.4. The molecule has 0 aliphatic carbocycles. The van der Waals surface area contributed by atoms with Crippen LogP contribution in [0.5, 0.6) is 0 Å². The molecule has 4 nitrogen and oxygen atoms in total. The Morgan fingerprint density at radius 1 is 1.18 bits per heavy atom. The second kappa shape index (κ2) is 8.79. The number of allylic oxidation sites excluding steroid dienone is 2. The highest BCUT2D eigenvalue weighted by molar-refractivity contribution is 7.80. The van der Waals surface area contributed by atoms with Crippen molar-refractivity contribution in [3.63, 3.8) is 0 Å². The van der Waals surface area contributed by atoms with Crippen LogP contribution in [-0.4, -0.2) is 28.0 Å². The molecule has 0 bridgehead atoms. The van der Waals surface area contributed by atoms with Crippen LogP contribution >= 0.6 is 12.6 Å². The summed E-state index contributed by atoms with van der Waals surface area (Å²) in [5.41, 5.74) is 6.61. The van der Waals surface area contributed by atoms with Crippen molar-refractivity contribution in [2.24, 2.45) is 5.73 Å². The Labute approximate surface area is 167 Å². The molecule has 1 aliphatic rings. The van der Waals surface area contributed by atoms with Gasteiger partial charge >= 0.3 is 6.18 Å². The van der Waals surface area contributed by atoms with Gasteiger partial charge in [-0.3, -0.25) is 0 Å². The fourth-order valence-electron chi connectivity index (χ4n) is 2.92. The van der Waals surface area contributed by atoms with Crippen molar-refractivity contribution in [2.45, 2.75) is 24.4 Å². The van der Waals surface area contributed by atoms with Crippen molar-refractivity contribution in [3.8, 4) is 11.3 Å². The highest BCUT2D eigenvalue weighted by atomic mass is 32.1. The number of benzene rings is 1.